The van der Waals surface area contributed by atoms with E-state index in [0.717, 1.165) is 33.1 Å². The van der Waals surface area contributed by atoms with Gasteiger partial charge in [-0.15, -0.1) is 0 Å². The number of halogens is 1. The molecule has 0 unspecified atom stereocenters. The number of carbonyl (C=O) groups excluding carboxylic acids is 2. The van der Waals surface area contributed by atoms with Crippen LogP contribution in [0, 0.1) is 13.8 Å². The minimum absolute atomic E-state index is 0.0418. The first-order valence-corrected chi connectivity index (χ1v) is 17.0. The molecular weight excluding hydrogens is 614 g/mol. The molecule has 0 aromatic heterocycles. The average molecular weight is 657 g/mol. The van der Waals surface area contributed by atoms with Crippen LogP contribution in [0.3, 0.4) is 0 Å². The molecule has 9 heteroatoms. The van der Waals surface area contributed by atoms with Crippen LogP contribution in [0.2, 0.25) is 0 Å². The second-order valence-corrected chi connectivity index (χ2v) is 13.7. The highest BCUT2D eigenvalue weighted by molar-refractivity contribution is 9.10. The van der Waals surface area contributed by atoms with Crippen LogP contribution in [-0.4, -0.2) is 50.0 Å². The predicted octanol–water partition coefficient (Wildman–Crippen LogP) is 6.17. The Morgan fingerprint density at radius 2 is 1.62 bits per heavy atom. The van der Waals surface area contributed by atoms with E-state index in [0.29, 0.717) is 18.5 Å². The molecule has 0 heterocycles. The molecule has 0 aliphatic rings. The van der Waals surface area contributed by atoms with Crippen molar-refractivity contribution in [3.8, 4) is 0 Å². The van der Waals surface area contributed by atoms with Crippen LogP contribution in [0.25, 0.3) is 0 Å². The fourth-order valence-corrected chi connectivity index (χ4v) is 6.12. The van der Waals surface area contributed by atoms with Crippen LogP contribution in [0.4, 0.5) is 5.69 Å². The highest BCUT2D eigenvalue weighted by atomic mass is 79.9. The second kappa shape index (κ2) is 15.3. The van der Waals surface area contributed by atoms with Gasteiger partial charge in [-0.25, -0.2) is 8.42 Å². The quantitative estimate of drug-likeness (QED) is 0.225. The van der Waals surface area contributed by atoms with Crippen molar-refractivity contribution in [1.82, 2.24) is 10.2 Å². The van der Waals surface area contributed by atoms with Crippen LogP contribution < -0.4 is 9.62 Å². The molecule has 3 rings (SSSR count). The molecule has 0 aliphatic carbocycles. The number of rotatable bonds is 14. The molecule has 2 atom stereocenters. The summed E-state index contributed by atoms with van der Waals surface area (Å²) < 4.78 is 27.7. The lowest BCUT2D eigenvalue weighted by atomic mass is 10.0. The van der Waals surface area contributed by atoms with E-state index in [4.69, 9.17) is 0 Å². The van der Waals surface area contributed by atoms with Crippen molar-refractivity contribution in [1.29, 1.82) is 0 Å². The number of amides is 2. The molecule has 1 N–H and O–H groups in total. The Balaban J connectivity index is 1.90. The monoisotopic (exact) mass is 655 g/mol. The topological polar surface area (TPSA) is 86.8 Å². The van der Waals surface area contributed by atoms with Crippen LogP contribution in [0.1, 0.15) is 55.4 Å². The normalized spacial score (nSPS) is 12.8. The minimum atomic E-state index is -3.57. The molecule has 226 valence electrons. The number of benzene rings is 3. The SMILES string of the molecule is CC[C@@H](C)NC(=O)[C@@H](Cc1ccccc1)N(Cc1cccc(Br)c1)C(=O)CCCN(c1ccc(C)c(C)c1)S(C)(=O)=O. The van der Waals surface area contributed by atoms with Crippen LogP contribution in [-0.2, 0) is 32.6 Å². The Labute approximate surface area is 259 Å². The number of sulfonamides is 1. The summed E-state index contributed by atoms with van der Waals surface area (Å²) in [5.74, 6) is -0.409. The predicted molar refractivity (Wildman–Crippen MR) is 174 cm³/mol. The minimum Gasteiger partial charge on any atom is -0.352 e. The summed E-state index contributed by atoms with van der Waals surface area (Å²) in [5, 5.41) is 3.08. The average Bonchev–Trinajstić information content (AvgIpc) is 2.94. The van der Waals surface area contributed by atoms with Gasteiger partial charge in [0.2, 0.25) is 21.8 Å². The second-order valence-electron chi connectivity index (χ2n) is 10.9. The van der Waals surface area contributed by atoms with Crippen molar-refractivity contribution in [2.75, 3.05) is 17.1 Å². The Hall–Kier alpha value is -3.17. The molecule has 0 bridgehead atoms. The molecule has 0 saturated heterocycles. The van der Waals surface area contributed by atoms with Gasteiger partial charge in [0.05, 0.1) is 11.9 Å². The largest absolute Gasteiger partial charge is 0.352 e. The molecule has 42 heavy (non-hydrogen) atoms. The van der Waals surface area contributed by atoms with Gasteiger partial charge in [0.1, 0.15) is 6.04 Å². The maximum Gasteiger partial charge on any atom is 0.243 e. The zero-order valence-corrected chi connectivity index (χ0v) is 27.5. The van der Waals surface area contributed by atoms with E-state index >= 15 is 0 Å². The standard InChI is InChI=1S/C33H42BrN3O4S/c1-6-26(4)35-33(39)31(22-27-12-8-7-9-13-27)36(23-28-14-10-15-29(34)21-28)32(38)16-11-19-37(42(5,40)41)30-18-17-24(2)25(3)20-30/h7-10,12-15,17-18,20-21,26,31H,6,11,16,19,22-23H2,1-5H3,(H,35,39)/t26-,31-/m1/s1. The number of hydrogen-bond acceptors (Lipinski definition) is 4. The van der Waals surface area contributed by atoms with E-state index in [9.17, 15) is 18.0 Å². The number of hydrogen-bond donors (Lipinski definition) is 1. The van der Waals surface area contributed by atoms with Crippen molar-refractivity contribution >= 4 is 43.5 Å². The Bertz CT molecular complexity index is 1460. The van der Waals surface area contributed by atoms with Crippen LogP contribution in [0.5, 0.6) is 0 Å². The summed E-state index contributed by atoms with van der Waals surface area (Å²) in [6.07, 6.45) is 2.70. The van der Waals surface area contributed by atoms with Gasteiger partial charge in [-0.2, -0.15) is 0 Å². The summed E-state index contributed by atoms with van der Waals surface area (Å²) >= 11 is 3.51. The van der Waals surface area contributed by atoms with E-state index < -0.39 is 16.1 Å². The zero-order valence-electron chi connectivity index (χ0n) is 25.1. The molecule has 0 radical (unpaired) electrons. The Morgan fingerprint density at radius 3 is 2.24 bits per heavy atom. The number of nitrogens with zero attached hydrogens (tertiary/aromatic N) is 2. The third-order valence-corrected chi connectivity index (χ3v) is 9.13. The molecule has 7 nitrogen and oxygen atoms in total. The van der Waals surface area contributed by atoms with Crippen molar-refractivity contribution in [3.63, 3.8) is 0 Å². The molecule has 2 amide bonds. The van der Waals surface area contributed by atoms with Crippen molar-refractivity contribution in [2.45, 2.75) is 72.0 Å². The van der Waals surface area contributed by atoms with E-state index in [2.05, 4.69) is 21.2 Å². The fraction of sp³-hybridized carbons (Fsp3) is 0.394. The van der Waals surface area contributed by atoms with Gasteiger partial charge >= 0.3 is 0 Å². The molecule has 0 aliphatic heterocycles. The maximum atomic E-state index is 14.0. The first kappa shape index (κ1) is 33.3. The van der Waals surface area contributed by atoms with E-state index in [-0.39, 0.29) is 37.4 Å². The number of carbonyl (C=O) groups is 2. The maximum absolute atomic E-state index is 14.0. The lowest BCUT2D eigenvalue weighted by Gasteiger charge is -2.33. The van der Waals surface area contributed by atoms with Crippen LogP contribution >= 0.6 is 15.9 Å². The lowest BCUT2D eigenvalue weighted by Crippen LogP contribution is -2.52. The molecule has 0 spiro atoms. The van der Waals surface area contributed by atoms with Crippen molar-refractivity contribution in [2.24, 2.45) is 0 Å². The Kier molecular flexibility index (Phi) is 12.2. The number of nitrogens with one attached hydrogen (secondary N) is 1. The fourth-order valence-electron chi connectivity index (χ4n) is 4.71. The summed E-state index contributed by atoms with van der Waals surface area (Å²) in [5.41, 5.74) is 4.49. The van der Waals surface area contributed by atoms with Crippen LogP contribution in [0.15, 0.2) is 77.3 Å². The third-order valence-electron chi connectivity index (χ3n) is 7.44. The number of anilines is 1. The molecular formula is C33H42BrN3O4S. The zero-order chi connectivity index (χ0) is 30.9. The lowest BCUT2D eigenvalue weighted by molar-refractivity contribution is -0.141. The van der Waals surface area contributed by atoms with Gasteiger partial charge < -0.3 is 10.2 Å². The summed E-state index contributed by atoms with van der Waals surface area (Å²) in [4.78, 5) is 29.3. The van der Waals surface area contributed by atoms with Gasteiger partial charge in [-0.1, -0.05) is 71.4 Å². The van der Waals surface area contributed by atoms with Gasteiger partial charge in [-0.05, 0) is 80.1 Å². The summed E-state index contributed by atoms with van der Waals surface area (Å²) in [6, 6.07) is 22.1. The van der Waals surface area contributed by atoms with Gasteiger partial charge in [0.15, 0.2) is 0 Å². The first-order chi connectivity index (χ1) is 19.9. The summed E-state index contributed by atoms with van der Waals surface area (Å²) in [6.45, 7) is 8.28. The third kappa shape index (κ3) is 9.70. The van der Waals surface area contributed by atoms with Gasteiger partial charge in [-0.3, -0.25) is 13.9 Å². The van der Waals surface area contributed by atoms with Gasteiger partial charge in [0.25, 0.3) is 0 Å². The smallest absolute Gasteiger partial charge is 0.243 e. The van der Waals surface area contributed by atoms with Crippen molar-refractivity contribution < 1.29 is 18.0 Å². The molecule has 0 fully saturated rings. The highest BCUT2D eigenvalue weighted by Gasteiger charge is 2.31. The molecule has 3 aromatic rings. The first-order valence-electron chi connectivity index (χ1n) is 14.3. The highest BCUT2D eigenvalue weighted by Crippen LogP contribution is 2.23. The van der Waals surface area contributed by atoms with Crippen molar-refractivity contribution in [3.05, 3.63) is 99.5 Å². The summed E-state index contributed by atoms with van der Waals surface area (Å²) in [7, 11) is -3.57. The van der Waals surface area contributed by atoms with E-state index in [1.54, 1.807) is 11.0 Å². The number of aryl methyl sites for hydroxylation is 2. The Morgan fingerprint density at radius 1 is 0.929 bits per heavy atom. The van der Waals surface area contributed by atoms with E-state index in [1.165, 1.54) is 10.6 Å². The van der Waals surface area contributed by atoms with Gasteiger partial charge in [0, 0.05) is 36.4 Å². The van der Waals surface area contributed by atoms with E-state index in [1.807, 2.05) is 94.4 Å². The molecule has 3 aromatic carbocycles. The molecule has 0 saturated carbocycles.